The number of rotatable bonds is 5. The Morgan fingerprint density at radius 2 is 2.06 bits per heavy atom. The zero-order valence-electron chi connectivity index (χ0n) is 10.1. The van der Waals surface area contributed by atoms with Gasteiger partial charge in [0.2, 0.25) is 0 Å². The van der Waals surface area contributed by atoms with Crippen LogP contribution in [0.4, 0.5) is 5.69 Å². The molecular weight excluding hydrogens is 238 g/mol. The summed E-state index contributed by atoms with van der Waals surface area (Å²) in [5, 5.41) is 19.6. The number of Topliss-reactive ketones (excluding diaryl/α,β-unsaturated/α-hetero) is 1. The van der Waals surface area contributed by atoms with Crippen molar-refractivity contribution < 1.29 is 19.5 Å². The maximum atomic E-state index is 11.7. The molecule has 18 heavy (non-hydrogen) atoms. The molecule has 0 aliphatic carbocycles. The van der Waals surface area contributed by atoms with Crippen LogP contribution in [0.25, 0.3) is 0 Å². The topological polar surface area (TPSA) is 89.9 Å². The summed E-state index contributed by atoms with van der Waals surface area (Å²) >= 11 is 0. The maximum Gasteiger partial charge on any atom is 0.321 e. The Kier molecular flexibility index (Phi) is 4.82. The first kappa shape index (κ1) is 14.1. The molecule has 1 unspecified atom stereocenters. The van der Waals surface area contributed by atoms with E-state index >= 15 is 0 Å². The average molecular weight is 252 g/mol. The predicted molar refractivity (Wildman–Crippen MR) is 64.1 cm³/mol. The van der Waals surface area contributed by atoms with E-state index in [9.17, 15) is 14.8 Å². The molecule has 0 saturated heterocycles. The molecule has 1 aromatic carbocycles. The largest absolute Gasteiger partial charge is 0.733 e. The number of carbonyl (C=O) groups excluding carboxylic acids is 2. The van der Waals surface area contributed by atoms with Gasteiger partial charge < -0.3 is 15.2 Å². The summed E-state index contributed by atoms with van der Waals surface area (Å²) in [6.45, 7) is 2.98. The summed E-state index contributed by atoms with van der Waals surface area (Å²) < 4.78 is 4.79. The van der Waals surface area contributed by atoms with Crippen LogP contribution >= 0.6 is 0 Å². The second-order valence-corrected chi connectivity index (χ2v) is 3.63. The molecule has 0 saturated carbocycles. The summed E-state index contributed by atoms with van der Waals surface area (Å²) in [6.07, 6.45) is 0. The zero-order chi connectivity index (χ0) is 13.7. The summed E-state index contributed by atoms with van der Waals surface area (Å²) in [7, 11) is 0. The van der Waals surface area contributed by atoms with Gasteiger partial charge in [-0.1, -0.05) is 18.2 Å². The standard InChI is InChI=1S/C12H14NO5/c1-3-18-12(15)11(8(2)14)9-6-4-5-7-10(9)13(16)17/h4-7,11,16H,3H2,1-2H3/q-1. The fourth-order valence-corrected chi connectivity index (χ4v) is 1.64. The molecule has 0 spiro atoms. The highest BCUT2D eigenvalue weighted by molar-refractivity contribution is 6.04. The molecule has 0 amide bonds. The Bertz CT molecular complexity index is 444. The first-order valence-corrected chi connectivity index (χ1v) is 5.41. The summed E-state index contributed by atoms with van der Waals surface area (Å²) in [5.41, 5.74) is -0.0216. The SMILES string of the molecule is CCOC(=O)C(C(C)=O)c1ccccc1N([O-])O. The fourth-order valence-electron chi connectivity index (χ4n) is 1.64. The van der Waals surface area contributed by atoms with Crippen molar-refractivity contribution in [2.24, 2.45) is 0 Å². The number of carbonyl (C=O) groups is 2. The minimum Gasteiger partial charge on any atom is -0.733 e. The van der Waals surface area contributed by atoms with Crippen LogP contribution in [0.3, 0.4) is 0 Å². The van der Waals surface area contributed by atoms with E-state index < -0.39 is 17.7 Å². The number of hydrogen-bond donors (Lipinski definition) is 1. The van der Waals surface area contributed by atoms with Crippen LogP contribution in [0, 0.1) is 5.21 Å². The van der Waals surface area contributed by atoms with Crippen molar-refractivity contribution in [3.63, 3.8) is 0 Å². The van der Waals surface area contributed by atoms with Gasteiger partial charge in [-0.25, -0.2) is 0 Å². The Balaban J connectivity index is 3.22. The number of esters is 1. The smallest absolute Gasteiger partial charge is 0.321 e. The van der Waals surface area contributed by atoms with Crippen LogP contribution in [-0.2, 0) is 14.3 Å². The summed E-state index contributed by atoms with van der Waals surface area (Å²) in [6, 6.07) is 5.83. The van der Waals surface area contributed by atoms with Crippen LogP contribution in [0.5, 0.6) is 0 Å². The Hall–Kier alpha value is -1.92. The van der Waals surface area contributed by atoms with Crippen molar-refractivity contribution >= 4 is 17.4 Å². The first-order chi connectivity index (χ1) is 8.49. The average Bonchev–Trinajstić information content (AvgIpc) is 2.29. The van der Waals surface area contributed by atoms with Crippen molar-refractivity contribution in [3.05, 3.63) is 35.0 Å². The van der Waals surface area contributed by atoms with Gasteiger partial charge in [0.25, 0.3) is 0 Å². The molecule has 1 atom stereocenters. The number of nitrogens with zero attached hydrogens (tertiary/aromatic N) is 1. The van der Waals surface area contributed by atoms with Crippen molar-refractivity contribution in [2.75, 3.05) is 11.8 Å². The van der Waals surface area contributed by atoms with E-state index in [4.69, 9.17) is 9.94 Å². The van der Waals surface area contributed by atoms with Crippen LogP contribution < -0.4 is 5.23 Å². The van der Waals surface area contributed by atoms with Crippen molar-refractivity contribution in [1.82, 2.24) is 0 Å². The second-order valence-electron chi connectivity index (χ2n) is 3.63. The van der Waals surface area contributed by atoms with Crippen LogP contribution in [0.15, 0.2) is 24.3 Å². The van der Waals surface area contributed by atoms with E-state index in [-0.39, 0.29) is 23.1 Å². The van der Waals surface area contributed by atoms with Crippen molar-refractivity contribution in [2.45, 2.75) is 19.8 Å². The van der Waals surface area contributed by atoms with E-state index in [0.29, 0.717) is 0 Å². The molecular formula is C12H14NO5-. The highest BCUT2D eigenvalue weighted by Gasteiger charge is 2.29. The third kappa shape index (κ3) is 3.06. The normalized spacial score (nSPS) is 11.8. The van der Waals surface area contributed by atoms with Gasteiger partial charge in [-0.3, -0.25) is 14.8 Å². The van der Waals surface area contributed by atoms with Gasteiger partial charge in [0, 0.05) is 0 Å². The number of ether oxygens (including phenoxy) is 1. The molecule has 0 radical (unpaired) electrons. The molecule has 0 aliphatic rings. The lowest BCUT2D eigenvalue weighted by molar-refractivity contribution is -0.147. The molecule has 0 aromatic heterocycles. The molecule has 0 fully saturated rings. The van der Waals surface area contributed by atoms with E-state index in [1.54, 1.807) is 13.0 Å². The van der Waals surface area contributed by atoms with Crippen molar-refractivity contribution in [3.8, 4) is 0 Å². The van der Waals surface area contributed by atoms with Crippen molar-refractivity contribution in [1.29, 1.82) is 0 Å². The molecule has 6 heteroatoms. The van der Waals surface area contributed by atoms with Gasteiger partial charge in [0.05, 0.1) is 12.3 Å². The molecule has 0 heterocycles. The summed E-state index contributed by atoms with van der Waals surface area (Å²) in [5.74, 6) is -2.40. The molecule has 0 bridgehead atoms. The Morgan fingerprint density at radius 3 is 2.56 bits per heavy atom. The number of anilines is 1. The van der Waals surface area contributed by atoms with E-state index in [0.717, 1.165) is 0 Å². The lowest BCUT2D eigenvalue weighted by Crippen LogP contribution is -2.24. The predicted octanol–water partition coefficient (Wildman–Crippen LogP) is 1.62. The van der Waals surface area contributed by atoms with Gasteiger partial charge in [-0.2, -0.15) is 0 Å². The van der Waals surface area contributed by atoms with Gasteiger partial charge in [-0.15, -0.1) is 0 Å². The van der Waals surface area contributed by atoms with E-state index in [1.165, 1.54) is 25.1 Å². The second kappa shape index (κ2) is 6.13. The number of benzene rings is 1. The number of hydrogen-bond acceptors (Lipinski definition) is 6. The van der Waals surface area contributed by atoms with Gasteiger partial charge in [0.15, 0.2) is 0 Å². The lowest BCUT2D eigenvalue weighted by atomic mass is 9.94. The molecule has 0 aliphatic heterocycles. The first-order valence-electron chi connectivity index (χ1n) is 5.41. The Morgan fingerprint density at radius 1 is 1.44 bits per heavy atom. The molecule has 6 nitrogen and oxygen atoms in total. The third-order valence-corrected chi connectivity index (χ3v) is 2.38. The number of para-hydroxylation sites is 1. The third-order valence-electron chi connectivity index (χ3n) is 2.38. The molecule has 98 valence electrons. The van der Waals surface area contributed by atoms with Gasteiger partial charge in [0.1, 0.15) is 11.7 Å². The van der Waals surface area contributed by atoms with Crippen LogP contribution in [0.1, 0.15) is 25.3 Å². The molecule has 1 aromatic rings. The monoisotopic (exact) mass is 252 g/mol. The highest BCUT2D eigenvalue weighted by atomic mass is 16.8. The number of ketones is 1. The van der Waals surface area contributed by atoms with Crippen LogP contribution in [-0.4, -0.2) is 23.6 Å². The molecule has 1 rings (SSSR count). The zero-order valence-corrected chi connectivity index (χ0v) is 10.1. The quantitative estimate of drug-likeness (QED) is 0.486. The fraction of sp³-hybridized carbons (Fsp3) is 0.333. The van der Waals surface area contributed by atoms with Gasteiger partial charge >= 0.3 is 5.97 Å². The lowest BCUT2D eigenvalue weighted by Gasteiger charge is -2.26. The minimum atomic E-state index is -1.20. The van der Waals surface area contributed by atoms with E-state index in [1.807, 2.05) is 0 Å². The Labute approximate surface area is 104 Å². The van der Waals surface area contributed by atoms with Crippen LogP contribution in [0.2, 0.25) is 0 Å². The minimum absolute atomic E-state index is 0.126. The summed E-state index contributed by atoms with van der Waals surface area (Å²) in [4.78, 5) is 23.2. The van der Waals surface area contributed by atoms with E-state index in [2.05, 4.69) is 0 Å². The maximum absolute atomic E-state index is 11.7. The van der Waals surface area contributed by atoms with Gasteiger partial charge in [-0.05, 0) is 25.5 Å². The molecule has 1 N–H and O–H groups in total. The highest BCUT2D eigenvalue weighted by Crippen LogP contribution is 2.28.